The van der Waals surface area contributed by atoms with Gasteiger partial charge in [0.1, 0.15) is 9.98 Å². The highest BCUT2D eigenvalue weighted by Crippen LogP contribution is 2.22. The summed E-state index contributed by atoms with van der Waals surface area (Å²) in [5.41, 5.74) is 3.19. The summed E-state index contributed by atoms with van der Waals surface area (Å²) in [6.07, 6.45) is 6.14. The van der Waals surface area contributed by atoms with E-state index in [-0.39, 0.29) is 0 Å². The van der Waals surface area contributed by atoms with Crippen LogP contribution in [-0.2, 0) is 0 Å². The fourth-order valence-electron chi connectivity index (χ4n) is 3.33. The Bertz CT molecular complexity index is 894. The van der Waals surface area contributed by atoms with Gasteiger partial charge in [-0.15, -0.1) is 0 Å². The maximum absolute atomic E-state index is 5.57. The number of rotatable bonds is 5. The lowest BCUT2D eigenvalue weighted by molar-refractivity contribution is 0.513. The van der Waals surface area contributed by atoms with Crippen LogP contribution in [0.15, 0.2) is 70.9 Å². The highest BCUT2D eigenvalue weighted by Gasteiger charge is 2.18. The zero-order chi connectivity index (χ0) is 20.6. The SMILES string of the molecule is CN(/N=C/C1CCC/C(=N\N(C)C(=S)c2ccccc2)C1)C(=S)c1ccccc1. The van der Waals surface area contributed by atoms with Crippen LogP contribution in [0.5, 0.6) is 0 Å². The quantitative estimate of drug-likeness (QED) is 0.380. The fraction of sp³-hybridized carbons (Fsp3) is 0.304. The van der Waals surface area contributed by atoms with Gasteiger partial charge in [0, 0.05) is 43.1 Å². The summed E-state index contributed by atoms with van der Waals surface area (Å²) in [4.78, 5) is 1.46. The zero-order valence-electron chi connectivity index (χ0n) is 16.9. The third-order valence-electron chi connectivity index (χ3n) is 4.91. The smallest absolute Gasteiger partial charge is 0.129 e. The van der Waals surface area contributed by atoms with Crippen molar-refractivity contribution < 1.29 is 0 Å². The van der Waals surface area contributed by atoms with E-state index in [1.54, 1.807) is 5.01 Å². The molecule has 4 nitrogen and oxygen atoms in total. The third-order valence-corrected chi connectivity index (χ3v) is 5.91. The lowest BCUT2D eigenvalue weighted by atomic mass is 9.89. The van der Waals surface area contributed by atoms with Gasteiger partial charge in [-0.25, -0.2) is 0 Å². The molecule has 1 aliphatic rings. The molecule has 1 saturated carbocycles. The Labute approximate surface area is 183 Å². The molecule has 0 aromatic heterocycles. The lowest BCUT2D eigenvalue weighted by Crippen LogP contribution is -2.25. The molecule has 0 amide bonds. The van der Waals surface area contributed by atoms with Gasteiger partial charge in [-0.1, -0.05) is 85.1 Å². The molecule has 6 heteroatoms. The molecule has 0 saturated heterocycles. The number of nitrogens with zero attached hydrogens (tertiary/aromatic N) is 4. The molecular formula is C23H26N4S2. The van der Waals surface area contributed by atoms with Gasteiger partial charge in [0.2, 0.25) is 0 Å². The Morgan fingerprint density at radius 3 is 2.03 bits per heavy atom. The first-order chi connectivity index (χ1) is 14.0. The van der Waals surface area contributed by atoms with E-state index >= 15 is 0 Å². The predicted molar refractivity (Wildman–Crippen MR) is 130 cm³/mol. The number of hydrogen-bond acceptors (Lipinski definition) is 4. The Balaban J connectivity index is 1.60. The molecule has 0 N–H and O–H groups in total. The maximum atomic E-state index is 5.57. The minimum absolute atomic E-state index is 0.363. The first kappa shape index (κ1) is 21.3. The van der Waals surface area contributed by atoms with Crippen molar-refractivity contribution >= 4 is 46.3 Å². The van der Waals surface area contributed by atoms with Crippen LogP contribution in [0.2, 0.25) is 0 Å². The highest BCUT2D eigenvalue weighted by molar-refractivity contribution is 7.80. The minimum Gasteiger partial charge on any atom is -0.257 e. The molecule has 29 heavy (non-hydrogen) atoms. The highest BCUT2D eigenvalue weighted by atomic mass is 32.1. The molecular weight excluding hydrogens is 396 g/mol. The Morgan fingerprint density at radius 2 is 1.45 bits per heavy atom. The van der Waals surface area contributed by atoms with Crippen molar-refractivity contribution in [2.45, 2.75) is 25.7 Å². The Morgan fingerprint density at radius 1 is 0.897 bits per heavy atom. The van der Waals surface area contributed by atoms with Crippen LogP contribution in [0, 0.1) is 5.92 Å². The van der Waals surface area contributed by atoms with Crippen LogP contribution in [0.25, 0.3) is 0 Å². The van der Waals surface area contributed by atoms with Crippen molar-refractivity contribution in [3.8, 4) is 0 Å². The number of hydrogen-bond donors (Lipinski definition) is 0. The predicted octanol–water partition coefficient (Wildman–Crippen LogP) is 5.13. The summed E-state index contributed by atoms with van der Waals surface area (Å²) in [7, 11) is 3.82. The van der Waals surface area contributed by atoms with Gasteiger partial charge < -0.3 is 0 Å². The summed E-state index contributed by atoms with van der Waals surface area (Å²) in [5, 5.41) is 13.0. The van der Waals surface area contributed by atoms with Gasteiger partial charge in [-0.2, -0.15) is 10.2 Å². The van der Waals surface area contributed by atoms with E-state index in [2.05, 4.69) is 5.10 Å². The van der Waals surface area contributed by atoms with Gasteiger partial charge in [0.05, 0.1) is 0 Å². The van der Waals surface area contributed by atoms with E-state index in [9.17, 15) is 0 Å². The molecule has 0 radical (unpaired) electrons. The summed E-state index contributed by atoms with van der Waals surface area (Å²) in [6.45, 7) is 0. The van der Waals surface area contributed by atoms with E-state index < -0.39 is 0 Å². The Kier molecular flexibility index (Phi) is 7.61. The van der Waals surface area contributed by atoms with E-state index in [0.29, 0.717) is 5.92 Å². The molecule has 1 aliphatic carbocycles. The van der Waals surface area contributed by atoms with Crippen molar-refractivity contribution in [1.82, 2.24) is 10.0 Å². The van der Waals surface area contributed by atoms with Crippen molar-refractivity contribution in [2.24, 2.45) is 16.1 Å². The van der Waals surface area contributed by atoms with Crippen LogP contribution in [0.3, 0.4) is 0 Å². The maximum Gasteiger partial charge on any atom is 0.129 e. The van der Waals surface area contributed by atoms with Crippen LogP contribution < -0.4 is 0 Å². The molecule has 0 bridgehead atoms. The molecule has 3 rings (SSSR count). The van der Waals surface area contributed by atoms with E-state index in [1.807, 2.05) is 86.0 Å². The van der Waals surface area contributed by atoms with Gasteiger partial charge in [-0.3, -0.25) is 10.0 Å². The molecule has 1 atom stereocenters. The van der Waals surface area contributed by atoms with Crippen molar-refractivity contribution in [2.75, 3.05) is 14.1 Å². The molecule has 150 valence electrons. The first-order valence-electron chi connectivity index (χ1n) is 9.81. The second-order valence-electron chi connectivity index (χ2n) is 7.18. The molecule has 2 aromatic carbocycles. The average Bonchev–Trinajstić information content (AvgIpc) is 2.77. The number of hydrazone groups is 2. The monoisotopic (exact) mass is 422 g/mol. The van der Waals surface area contributed by atoms with Crippen LogP contribution >= 0.6 is 24.4 Å². The standard InChI is InChI=1S/C23H26N4S2/c1-26(22(28)19-11-5-3-6-12-19)24-17-18-10-9-15-21(16-18)25-27(2)23(29)20-13-7-4-8-14-20/h3-8,11-14,17-18H,9-10,15-16H2,1-2H3/b24-17+,25-21+. The Hall–Kier alpha value is -2.44. The van der Waals surface area contributed by atoms with Gasteiger partial charge >= 0.3 is 0 Å². The van der Waals surface area contributed by atoms with Crippen molar-refractivity contribution in [3.63, 3.8) is 0 Å². The topological polar surface area (TPSA) is 31.2 Å². The largest absolute Gasteiger partial charge is 0.257 e. The molecule has 0 spiro atoms. The van der Waals surface area contributed by atoms with E-state index in [1.165, 1.54) is 5.71 Å². The normalized spacial score (nSPS) is 18.0. The number of benzene rings is 2. The molecule has 1 unspecified atom stereocenters. The van der Waals surface area contributed by atoms with Crippen molar-refractivity contribution in [3.05, 3.63) is 71.8 Å². The summed E-state index contributed by atoms with van der Waals surface area (Å²) in [5.74, 6) is 0.363. The van der Waals surface area contributed by atoms with Crippen LogP contribution in [0.1, 0.15) is 36.8 Å². The second kappa shape index (κ2) is 10.4. The third kappa shape index (κ3) is 6.02. The summed E-state index contributed by atoms with van der Waals surface area (Å²) >= 11 is 11.1. The van der Waals surface area contributed by atoms with Gasteiger partial charge in [0.15, 0.2) is 0 Å². The van der Waals surface area contributed by atoms with Gasteiger partial charge in [-0.05, 0) is 25.7 Å². The van der Waals surface area contributed by atoms with Gasteiger partial charge in [0.25, 0.3) is 0 Å². The van der Waals surface area contributed by atoms with E-state index in [0.717, 1.165) is 46.8 Å². The zero-order valence-corrected chi connectivity index (χ0v) is 18.5. The summed E-state index contributed by atoms with van der Waals surface area (Å²) < 4.78 is 0. The number of thiocarbonyl (C=S) groups is 2. The molecule has 0 aliphatic heterocycles. The summed E-state index contributed by atoms with van der Waals surface area (Å²) in [6, 6.07) is 20.0. The van der Waals surface area contributed by atoms with Crippen LogP contribution in [0.4, 0.5) is 0 Å². The minimum atomic E-state index is 0.363. The first-order valence-corrected chi connectivity index (χ1v) is 10.6. The van der Waals surface area contributed by atoms with E-state index in [4.69, 9.17) is 29.5 Å². The van der Waals surface area contributed by atoms with Crippen molar-refractivity contribution in [1.29, 1.82) is 0 Å². The fourth-order valence-corrected chi connectivity index (χ4v) is 3.69. The van der Waals surface area contributed by atoms with Crippen LogP contribution in [-0.4, -0.2) is 46.0 Å². The second-order valence-corrected chi connectivity index (χ2v) is 7.95. The molecule has 2 aromatic rings. The molecule has 1 fully saturated rings. The lowest BCUT2D eigenvalue weighted by Gasteiger charge is -2.23. The molecule has 0 heterocycles. The average molecular weight is 423 g/mol.